The highest BCUT2D eigenvalue weighted by atomic mass is 32.2. The third-order valence-electron chi connectivity index (χ3n) is 2.20. The van der Waals surface area contributed by atoms with Crippen LogP contribution in [-0.4, -0.2) is 21.4 Å². The molecule has 6 heteroatoms. The topological polar surface area (TPSA) is 75.3 Å². The van der Waals surface area contributed by atoms with E-state index in [1.165, 1.54) is 7.05 Å². The molecule has 2 N–H and O–H groups in total. The van der Waals surface area contributed by atoms with Crippen molar-refractivity contribution in [1.82, 2.24) is 9.44 Å². The number of carbonyl (C=O) groups is 1. The zero-order chi connectivity index (χ0) is 12.2. The minimum Gasteiger partial charge on any atom is -0.273 e. The predicted octanol–water partition coefficient (Wildman–Crippen LogP) is 0.370. The fraction of sp³-hybridized carbons (Fsp3) is 0.300. The van der Waals surface area contributed by atoms with Crippen molar-refractivity contribution >= 4 is 16.1 Å². The molecule has 0 spiro atoms. The molecule has 0 heterocycles. The van der Waals surface area contributed by atoms with E-state index >= 15 is 0 Å². The molecule has 0 radical (unpaired) electrons. The van der Waals surface area contributed by atoms with Gasteiger partial charge in [-0.25, -0.2) is 9.44 Å². The first-order chi connectivity index (χ1) is 7.46. The summed E-state index contributed by atoms with van der Waals surface area (Å²) < 4.78 is 26.2. The number of hydrogen-bond donors (Lipinski definition) is 2. The first kappa shape index (κ1) is 12.7. The molecule has 1 unspecified atom stereocenters. The maximum atomic E-state index is 11.6. The molecule has 1 aromatic carbocycles. The molecule has 1 amide bonds. The van der Waals surface area contributed by atoms with Crippen LogP contribution in [0.1, 0.15) is 18.4 Å². The Morgan fingerprint density at radius 2 is 1.81 bits per heavy atom. The minimum atomic E-state index is -3.72. The number of rotatable bonds is 4. The van der Waals surface area contributed by atoms with Crippen LogP contribution in [0.25, 0.3) is 0 Å². The van der Waals surface area contributed by atoms with Gasteiger partial charge in [-0.2, -0.15) is 8.42 Å². The van der Waals surface area contributed by atoms with E-state index in [1.807, 2.05) is 15.5 Å². The van der Waals surface area contributed by atoms with Crippen molar-refractivity contribution in [3.8, 4) is 0 Å². The second kappa shape index (κ2) is 5.09. The zero-order valence-electron chi connectivity index (χ0n) is 9.10. The molecule has 88 valence electrons. The Hall–Kier alpha value is -1.40. The number of nitrogens with one attached hydrogen (secondary N) is 2. The van der Waals surface area contributed by atoms with E-state index in [2.05, 4.69) is 0 Å². The Labute approximate surface area is 95.0 Å². The summed E-state index contributed by atoms with van der Waals surface area (Å²) >= 11 is 0. The lowest BCUT2D eigenvalue weighted by atomic mass is 10.0. The number of amides is 1. The van der Waals surface area contributed by atoms with Crippen LogP contribution < -0.4 is 9.44 Å². The summed E-state index contributed by atoms with van der Waals surface area (Å²) in [6.45, 7) is 1.65. The minimum absolute atomic E-state index is 0.510. The molecule has 0 saturated carbocycles. The van der Waals surface area contributed by atoms with Gasteiger partial charge in [0.1, 0.15) is 0 Å². The molecule has 0 saturated heterocycles. The lowest BCUT2D eigenvalue weighted by Crippen LogP contribution is -2.40. The summed E-state index contributed by atoms with van der Waals surface area (Å²) in [5.74, 6) is -1.06. The van der Waals surface area contributed by atoms with Gasteiger partial charge in [0.25, 0.3) is 0 Å². The SMILES string of the molecule is CNS(=O)(=O)NC(=O)C(C)c1ccccc1. The predicted molar refractivity (Wildman–Crippen MR) is 61.0 cm³/mol. The third kappa shape index (κ3) is 3.32. The van der Waals surface area contributed by atoms with Gasteiger partial charge in [-0.05, 0) is 12.5 Å². The molecule has 0 aliphatic carbocycles. The number of carbonyl (C=O) groups excluding carboxylic acids is 1. The lowest BCUT2D eigenvalue weighted by molar-refractivity contribution is -0.120. The molecule has 1 atom stereocenters. The maximum Gasteiger partial charge on any atom is 0.301 e. The monoisotopic (exact) mass is 242 g/mol. The summed E-state index contributed by atoms with van der Waals surface area (Å²) in [7, 11) is -2.48. The van der Waals surface area contributed by atoms with Gasteiger partial charge in [0.15, 0.2) is 0 Å². The Morgan fingerprint density at radius 1 is 1.25 bits per heavy atom. The van der Waals surface area contributed by atoms with Gasteiger partial charge < -0.3 is 0 Å². The highest BCUT2D eigenvalue weighted by Gasteiger charge is 2.19. The van der Waals surface area contributed by atoms with Crippen LogP contribution in [-0.2, 0) is 15.0 Å². The molecule has 0 aliphatic rings. The first-order valence-corrected chi connectivity index (χ1v) is 6.24. The van der Waals surface area contributed by atoms with Gasteiger partial charge in [0.05, 0.1) is 5.92 Å². The quantitative estimate of drug-likeness (QED) is 0.801. The second-order valence-corrected chi connectivity index (χ2v) is 4.93. The van der Waals surface area contributed by atoms with E-state index in [0.29, 0.717) is 0 Å². The first-order valence-electron chi connectivity index (χ1n) is 4.76. The summed E-state index contributed by atoms with van der Waals surface area (Å²) in [5, 5.41) is 0. The zero-order valence-corrected chi connectivity index (χ0v) is 9.91. The van der Waals surface area contributed by atoms with Crippen LogP contribution >= 0.6 is 0 Å². The molecule has 0 aliphatic heterocycles. The lowest BCUT2D eigenvalue weighted by Gasteiger charge is -2.11. The van der Waals surface area contributed by atoms with E-state index in [4.69, 9.17) is 0 Å². The Morgan fingerprint density at radius 3 is 2.31 bits per heavy atom. The summed E-state index contributed by atoms with van der Waals surface area (Å²) in [4.78, 5) is 11.6. The van der Waals surface area contributed by atoms with Gasteiger partial charge in [-0.3, -0.25) is 4.79 Å². The molecular formula is C10H14N2O3S. The van der Waals surface area contributed by atoms with Crippen molar-refractivity contribution in [3.63, 3.8) is 0 Å². The second-order valence-electron chi connectivity index (χ2n) is 3.31. The maximum absolute atomic E-state index is 11.6. The number of benzene rings is 1. The summed E-state index contributed by atoms with van der Waals surface area (Å²) in [6, 6.07) is 8.97. The van der Waals surface area contributed by atoms with E-state index in [0.717, 1.165) is 5.56 Å². The normalized spacial score (nSPS) is 13.1. The molecular weight excluding hydrogens is 228 g/mol. The van der Waals surface area contributed by atoms with E-state index in [-0.39, 0.29) is 0 Å². The van der Waals surface area contributed by atoms with Crippen LogP contribution in [0.3, 0.4) is 0 Å². The van der Waals surface area contributed by atoms with Crippen molar-refractivity contribution in [2.24, 2.45) is 0 Å². The summed E-state index contributed by atoms with van der Waals surface area (Å²) in [6.07, 6.45) is 0. The van der Waals surface area contributed by atoms with Crippen molar-refractivity contribution in [2.75, 3.05) is 7.05 Å². The van der Waals surface area contributed by atoms with Gasteiger partial charge >= 0.3 is 10.2 Å². The Balaban J connectivity index is 2.77. The molecule has 1 rings (SSSR count). The van der Waals surface area contributed by atoms with Crippen molar-refractivity contribution in [2.45, 2.75) is 12.8 Å². The molecule has 0 bridgehead atoms. The molecule has 1 aromatic rings. The van der Waals surface area contributed by atoms with Crippen LogP contribution in [0.4, 0.5) is 0 Å². The van der Waals surface area contributed by atoms with E-state index < -0.39 is 22.0 Å². The van der Waals surface area contributed by atoms with Crippen LogP contribution in [0.15, 0.2) is 30.3 Å². The average Bonchev–Trinajstić information content (AvgIpc) is 2.28. The Bertz CT molecular complexity index is 456. The fourth-order valence-corrected chi connectivity index (χ4v) is 1.71. The molecule has 0 aromatic heterocycles. The number of hydrogen-bond acceptors (Lipinski definition) is 3. The van der Waals surface area contributed by atoms with Crippen LogP contribution in [0.2, 0.25) is 0 Å². The third-order valence-corrected chi connectivity index (χ3v) is 3.20. The van der Waals surface area contributed by atoms with Crippen LogP contribution in [0.5, 0.6) is 0 Å². The van der Waals surface area contributed by atoms with Gasteiger partial charge in [0.2, 0.25) is 5.91 Å². The highest BCUT2D eigenvalue weighted by molar-refractivity contribution is 7.88. The van der Waals surface area contributed by atoms with Crippen molar-refractivity contribution in [1.29, 1.82) is 0 Å². The van der Waals surface area contributed by atoms with E-state index in [1.54, 1.807) is 31.2 Å². The van der Waals surface area contributed by atoms with Gasteiger partial charge in [0, 0.05) is 7.05 Å². The average molecular weight is 242 g/mol. The molecule has 5 nitrogen and oxygen atoms in total. The Kier molecular flexibility index (Phi) is 4.03. The van der Waals surface area contributed by atoms with Gasteiger partial charge in [-0.15, -0.1) is 0 Å². The standard InChI is InChI=1S/C10H14N2O3S/c1-8(9-6-4-3-5-7-9)10(13)12-16(14,15)11-2/h3-8,11H,1-2H3,(H,12,13). The van der Waals surface area contributed by atoms with Crippen molar-refractivity contribution < 1.29 is 13.2 Å². The van der Waals surface area contributed by atoms with Crippen molar-refractivity contribution in [3.05, 3.63) is 35.9 Å². The fourth-order valence-electron chi connectivity index (χ4n) is 1.16. The van der Waals surface area contributed by atoms with E-state index in [9.17, 15) is 13.2 Å². The van der Waals surface area contributed by atoms with Crippen LogP contribution in [0, 0.1) is 0 Å². The largest absolute Gasteiger partial charge is 0.301 e. The highest BCUT2D eigenvalue weighted by Crippen LogP contribution is 2.14. The molecule has 0 fully saturated rings. The molecule has 16 heavy (non-hydrogen) atoms. The smallest absolute Gasteiger partial charge is 0.273 e. The summed E-state index contributed by atoms with van der Waals surface area (Å²) in [5.41, 5.74) is 0.770. The van der Waals surface area contributed by atoms with Gasteiger partial charge in [-0.1, -0.05) is 30.3 Å².